The van der Waals surface area contributed by atoms with Gasteiger partial charge >= 0.3 is 11.4 Å². The Balaban J connectivity index is 1.07. The molecule has 0 aliphatic heterocycles. The number of aromatic amines is 1. The summed E-state index contributed by atoms with van der Waals surface area (Å²) < 4.78 is 94.1. The van der Waals surface area contributed by atoms with E-state index in [2.05, 4.69) is 4.98 Å². The van der Waals surface area contributed by atoms with Gasteiger partial charge in [0.15, 0.2) is 28.8 Å². The molecule has 0 unspecified atom stereocenters. The van der Waals surface area contributed by atoms with Crippen LogP contribution in [0.4, 0.5) is 10.2 Å². The molecular weight excluding hydrogens is 954 g/mol. The van der Waals surface area contributed by atoms with Crippen molar-refractivity contribution in [3.8, 4) is 34.3 Å². The first-order valence-corrected chi connectivity index (χ1v) is 26.7. The molecule has 17 nitrogen and oxygen atoms in total. The molecule has 3 heterocycles. The number of aromatic nitrogens is 6. The van der Waals surface area contributed by atoms with Crippen LogP contribution >= 0.6 is 0 Å². The molecule has 8 rings (SSSR count). The maximum absolute atomic E-state index is 14.9. The predicted molar refractivity (Wildman–Crippen MR) is 272 cm³/mol. The Bertz CT molecular complexity index is 3620. The molecular formula is C51H54FN7O10S2. The molecule has 1 N–H and O–H groups in total. The molecule has 0 fully saturated rings. The van der Waals surface area contributed by atoms with Gasteiger partial charge in [0.25, 0.3) is 0 Å². The lowest BCUT2D eigenvalue weighted by Crippen LogP contribution is -2.32. The molecule has 0 bridgehead atoms. The van der Waals surface area contributed by atoms with E-state index in [0.29, 0.717) is 97.6 Å². The van der Waals surface area contributed by atoms with Gasteiger partial charge in [0.2, 0.25) is 0 Å². The lowest BCUT2D eigenvalue weighted by molar-refractivity contribution is 0.296. The van der Waals surface area contributed by atoms with Gasteiger partial charge in [0, 0.05) is 50.4 Å². The molecule has 0 saturated carbocycles. The number of anilines is 1. The van der Waals surface area contributed by atoms with Crippen LogP contribution in [0.15, 0.2) is 119 Å². The third-order valence-electron chi connectivity index (χ3n) is 12.0. The van der Waals surface area contributed by atoms with Crippen molar-refractivity contribution < 1.29 is 40.2 Å². The van der Waals surface area contributed by atoms with Crippen LogP contribution in [0.3, 0.4) is 0 Å². The summed E-state index contributed by atoms with van der Waals surface area (Å²) in [6, 6.07) is 26.7. The average molecular weight is 1010 g/mol. The van der Waals surface area contributed by atoms with Crippen LogP contribution in [0.5, 0.6) is 23.0 Å². The monoisotopic (exact) mass is 1010 g/mol. The molecule has 0 spiro atoms. The van der Waals surface area contributed by atoms with Crippen molar-refractivity contribution in [1.29, 1.82) is 0 Å². The van der Waals surface area contributed by atoms with E-state index in [0.717, 1.165) is 12.5 Å². The minimum absolute atomic E-state index is 0.0661. The highest BCUT2D eigenvalue weighted by Crippen LogP contribution is 2.36. The van der Waals surface area contributed by atoms with E-state index in [9.17, 15) is 30.8 Å². The van der Waals surface area contributed by atoms with Gasteiger partial charge in [0.05, 0.1) is 85.3 Å². The highest BCUT2D eigenvalue weighted by molar-refractivity contribution is 7.90. The third-order valence-corrected chi connectivity index (χ3v) is 13.8. The summed E-state index contributed by atoms with van der Waals surface area (Å²) in [6.07, 6.45) is 4.16. The standard InChI is InChI=1S/C51H54FN7O10S2/c1-8-68-46-26-32(18-21-44(46)66-4)42(30-70(6,62)63)58-39-20-17-34(25-38(39)55-50(58)60)48-49(56(2)3)54-36(28-53-48)23-24-69-47-27-33(19-22-45(47)67-5)43(31-71(7,64)65)59-41-16-12-11-15-40(41)57(51(59)61)29-35-13-9-10-14-37(35)52/h9-22,25-28,42-43H,8,23-24,29-31H2,1-7H3,(H,55,60)/t42-,43-/m0/s1. The van der Waals surface area contributed by atoms with Crippen LogP contribution in [0.2, 0.25) is 0 Å². The minimum Gasteiger partial charge on any atom is -0.493 e. The maximum Gasteiger partial charge on any atom is 0.330 e. The lowest BCUT2D eigenvalue weighted by atomic mass is 10.1. The molecule has 2 atom stereocenters. The lowest BCUT2D eigenvalue weighted by Gasteiger charge is -2.21. The molecule has 0 aliphatic rings. The topological polar surface area (TPSA) is 199 Å². The zero-order valence-corrected chi connectivity index (χ0v) is 41.9. The molecule has 0 amide bonds. The average Bonchev–Trinajstić information content (AvgIpc) is 3.81. The van der Waals surface area contributed by atoms with Crippen LogP contribution < -0.4 is 35.2 Å². The predicted octanol–water partition coefficient (Wildman–Crippen LogP) is 6.46. The number of methoxy groups -OCH3 is 2. The smallest absolute Gasteiger partial charge is 0.330 e. The van der Waals surface area contributed by atoms with Crippen molar-refractivity contribution in [2.24, 2.45) is 0 Å². The summed E-state index contributed by atoms with van der Waals surface area (Å²) in [4.78, 5) is 42.6. The number of hydrogen-bond acceptors (Lipinski definition) is 13. The SMILES string of the molecule is CCOc1cc([C@H](CS(C)(=O)=O)n2c(=O)[nH]c3cc(-c4ncc(CCOc5cc([C@H](CS(C)(=O)=O)n6c(=O)n(Cc7ccccc7F)c7ccccc76)ccc5OC)nc4N(C)C)ccc32)ccc1OC. The van der Waals surface area contributed by atoms with Crippen molar-refractivity contribution in [2.75, 3.05) is 70.4 Å². The second-order valence-electron chi connectivity index (χ2n) is 17.3. The van der Waals surface area contributed by atoms with E-state index in [-0.39, 0.29) is 18.9 Å². The second kappa shape index (κ2) is 20.5. The number of nitrogens with zero attached hydrogens (tertiary/aromatic N) is 6. The zero-order chi connectivity index (χ0) is 50.8. The van der Waals surface area contributed by atoms with Gasteiger partial charge in [-0.2, -0.15) is 0 Å². The number of hydrogen-bond donors (Lipinski definition) is 1. The van der Waals surface area contributed by atoms with Gasteiger partial charge in [-0.25, -0.2) is 35.8 Å². The quantitative estimate of drug-likeness (QED) is 0.0874. The number of H-pyrrole nitrogens is 1. The molecule has 5 aromatic carbocycles. The summed E-state index contributed by atoms with van der Waals surface area (Å²) in [7, 11) is -0.605. The molecule has 0 radical (unpaired) electrons. The highest BCUT2D eigenvalue weighted by atomic mass is 32.2. The number of para-hydroxylation sites is 2. The van der Waals surface area contributed by atoms with E-state index in [4.69, 9.17) is 28.9 Å². The summed E-state index contributed by atoms with van der Waals surface area (Å²) >= 11 is 0. The van der Waals surface area contributed by atoms with Crippen LogP contribution in [0.1, 0.15) is 41.4 Å². The summed E-state index contributed by atoms with van der Waals surface area (Å²) in [6.45, 7) is 2.22. The number of benzene rings is 5. The summed E-state index contributed by atoms with van der Waals surface area (Å²) in [5, 5.41) is 0. The van der Waals surface area contributed by atoms with Crippen molar-refractivity contribution in [3.05, 3.63) is 158 Å². The number of halogens is 1. The van der Waals surface area contributed by atoms with Gasteiger partial charge in [-0.05, 0) is 72.6 Å². The Morgan fingerprint density at radius 1 is 0.718 bits per heavy atom. The Kier molecular flexibility index (Phi) is 14.4. The normalized spacial score (nSPS) is 12.8. The number of fused-ring (bicyclic) bond motifs is 2. The number of rotatable bonds is 20. The maximum atomic E-state index is 14.9. The van der Waals surface area contributed by atoms with Crippen molar-refractivity contribution in [1.82, 2.24) is 28.7 Å². The van der Waals surface area contributed by atoms with E-state index in [1.807, 2.05) is 25.9 Å². The Morgan fingerprint density at radius 2 is 1.32 bits per heavy atom. The fourth-order valence-electron chi connectivity index (χ4n) is 8.78. The molecule has 20 heteroatoms. The Labute approximate surface area is 409 Å². The number of nitrogens with one attached hydrogen (secondary N) is 1. The van der Waals surface area contributed by atoms with Gasteiger partial charge < -0.3 is 28.8 Å². The van der Waals surface area contributed by atoms with Crippen molar-refractivity contribution in [3.63, 3.8) is 0 Å². The van der Waals surface area contributed by atoms with Crippen LogP contribution in [-0.2, 0) is 32.6 Å². The fourth-order valence-corrected chi connectivity index (χ4v) is 10.6. The minimum atomic E-state index is -3.68. The van der Waals surface area contributed by atoms with Gasteiger partial charge in [-0.15, -0.1) is 0 Å². The molecule has 0 aliphatic carbocycles. The molecule has 8 aromatic rings. The van der Waals surface area contributed by atoms with Crippen LogP contribution in [-0.4, -0.2) is 111 Å². The highest BCUT2D eigenvalue weighted by Gasteiger charge is 2.28. The summed E-state index contributed by atoms with van der Waals surface area (Å²) in [5.41, 5.74) is 4.01. The molecule has 0 saturated heterocycles. The van der Waals surface area contributed by atoms with Crippen molar-refractivity contribution >= 4 is 47.6 Å². The van der Waals surface area contributed by atoms with Gasteiger partial charge in [0.1, 0.15) is 31.2 Å². The Hall–Kier alpha value is -7.45. The first-order valence-electron chi connectivity index (χ1n) is 22.6. The summed E-state index contributed by atoms with van der Waals surface area (Å²) in [5.74, 6) is 0.873. The van der Waals surface area contributed by atoms with E-state index in [1.54, 1.807) is 103 Å². The van der Waals surface area contributed by atoms with Gasteiger partial charge in [-0.1, -0.05) is 48.5 Å². The first kappa shape index (κ1) is 50.0. The number of imidazole rings is 2. The molecule has 372 valence electrons. The molecule has 3 aromatic heterocycles. The second-order valence-corrected chi connectivity index (χ2v) is 21.7. The largest absolute Gasteiger partial charge is 0.493 e. The third kappa shape index (κ3) is 10.8. The van der Waals surface area contributed by atoms with E-state index >= 15 is 0 Å². The first-order chi connectivity index (χ1) is 33.9. The number of sulfone groups is 2. The Morgan fingerprint density at radius 3 is 1.93 bits per heavy atom. The number of ether oxygens (including phenoxy) is 4. The van der Waals surface area contributed by atoms with E-state index in [1.165, 1.54) is 34.0 Å². The van der Waals surface area contributed by atoms with E-state index < -0.39 is 54.7 Å². The fraction of sp³-hybridized carbons (Fsp3) is 0.294. The zero-order valence-electron chi connectivity index (χ0n) is 40.2. The molecule has 71 heavy (non-hydrogen) atoms. The van der Waals surface area contributed by atoms with Crippen LogP contribution in [0.25, 0.3) is 33.3 Å². The van der Waals surface area contributed by atoms with Crippen LogP contribution in [0, 0.1) is 5.82 Å². The van der Waals surface area contributed by atoms with Gasteiger partial charge in [-0.3, -0.25) is 18.7 Å². The van der Waals surface area contributed by atoms with Crippen molar-refractivity contribution in [2.45, 2.75) is 32.0 Å².